The summed E-state index contributed by atoms with van der Waals surface area (Å²) >= 11 is 6.61. The molecule has 0 aliphatic heterocycles. The van der Waals surface area contributed by atoms with Crippen LogP contribution < -0.4 is 5.56 Å². The van der Waals surface area contributed by atoms with Gasteiger partial charge < -0.3 is 4.98 Å². The zero-order valence-electron chi connectivity index (χ0n) is 10.2. The van der Waals surface area contributed by atoms with Crippen LogP contribution in [0.3, 0.4) is 0 Å². The number of alkyl halides is 1. The quantitative estimate of drug-likeness (QED) is 0.723. The summed E-state index contributed by atoms with van der Waals surface area (Å²) in [6.45, 7) is 2.05. The van der Waals surface area contributed by atoms with Gasteiger partial charge in [0.1, 0.15) is 10.7 Å². The first-order valence-electron chi connectivity index (χ1n) is 5.83. The van der Waals surface area contributed by atoms with Crippen LogP contribution in [0.15, 0.2) is 22.3 Å². The van der Waals surface area contributed by atoms with Crippen molar-refractivity contribution < 1.29 is 0 Å². The second kappa shape index (κ2) is 5.19. The molecule has 3 rings (SSSR count). The van der Waals surface area contributed by atoms with Crippen LogP contribution in [0.4, 0.5) is 0 Å². The minimum Gasteiger partial charge on any atom is -0.310 e. The zero-order chi connectivity index (χ0) is 13.4. The summed E-state index contributed by atoms with van der Waals surface area (Å²) in [5.41, 5.74) is 1.00. The Hall–Kier alpha value is -0.980. The molecule has 3 aromatic heterocycles. The predicted molar refractivity (Wildman–Crippen MR) is 85.8 cm³/mol. The van der Waals surface area contributed by atoms with Crippen molar-refractivity contribution in [1.29, 1.82) is 0 Å². The molecule has 0 fully saturated rings. The van der Waals surface area contributed by atoms with E-state index in [0.29, 0.717) is 0 Å². The van der Waals surface area contributed by atoms with E-state index in [1.54, 1.807) is 22.7 Å². The third-order valence-corrected chi connectivity index (χ3v) is 5.17. The Morgan fingerprint density at radius 3 is 3.00 bits per heavy atom. The van der Waals surface area contributed by atoms with Gasteiger partial charge in [-0.25, -0.2) is 4.98 Å². The molecular formula is C13H11BrN2OS2. The lowest BCUT2D eigenvalue weighted by molar-refractivity contribution is 0.960. The van der Waals surface area contributed by atoms with Crippen LogP contribution in [-0.4, -0.2) is 15.3 Å². The Labute approximate surface area is 126 Å². The molecule has 3 nitrogen and oxygen atoms in total. The van der Waals surface area contributed by atoms with Crippen molar-refractivity contribution >= 4 is 48.8 Å². The maximum Gasteiger partial charge on any atom is 0.260 e. The number of rotatable bonds is 3. The lowest BCUT2D eigenvalue weighted by Gasteiger charge is -1.99. The number of hydrogen-bond acceptors (Lipinski definition) is 4. The van der Waals surface area contributed by atoms with Gasteiger partial charge in [-0.15, -0.1) is 22.7 Å². The molecule has 19 heavy (non-hydrogen) atoms. The van der Waals surface area contributed by atoms with Gasteiger partial charge in [0.05, 0.1) is 5.39 Å². The molecule has 0 aliphatic carbocycles. The van der Waals surface area contributed by atoms with E-state index in [2.05, 4.69) is 25.9 Å². The van der Waals surface area contributed by atoms with E-state index < -0.39 is 0 Å². The minimum atomic E-state index is -0.0336. The largest absolute Gasteiger partial charge is 0.310 e. The Morgan fingerprint density at radius 1 is 1.47 bits per heavy atom. The molecule has 3 heterocycles. The summed E-state index contributed by atoms with van der Waals surface area (Å²) in [7, 11) is 0. The molecule has 0 amide bonds. The summed E-state index contributed by atoms with van der Waals surface area (Å²) in [4.78, 5) is 22.8. The van der Waals surface area contributed by atoms with Gasteiger partial charge in [0.25, 0.3) is 5.56 Å². The predicted octanol–water partition coefficient (Wildman–Crippen LogP) is 3.96. The Bertz CT molecular complexity index is 774. The molecular weight excluding hydrogens is 344 g/mol. The molecule has 0 unspecified atom stereocenters. The van der Waals surface area contributed by atoms with Crippen molar-refractivity contribution in [3.63, 3.8) is 0 Å². The smallest absolute Gasteiger partial charge is 0.260 e. The highest BCUT2D eigenvalue weighted by atomic mass is 79.9. The number of fused-ring (bicyclic) bond motifs is 1. The van der Waals surface area contributed by atoms with Crippen LogP contribution in [0, 0.1) is 6.92 Å². The van der Waals surface area contributed by atoms with Gasteiger partial charge in [0.2, 0.25) is 0 Å². The molecule has 1 N–H and O–H groups in total. The lowest BCUT2D eigenvalue weighted by Crippen LogP contribution is -2.11. The topological polar surface area (TPSA) is 45.8 Å². The van der Waals surface area contributed by atoms with E-state index >= 15 is 0 Å². The summed E-state index contributed by atoms with van der Waals surface area (Å²) in [6.07, 6.45) is 0.733. The molecule has 0 saturated heterocycles. The third kappa shape index (κ3) is 2.28. The van der Waals surface area contributed by atoms with E-state index in [1.807, 2.05) is 24.4 Å². The molecule has 0 saturated carbocycles. The number of thiophene rings is 2. The highest BCUT2D eigenvalue weighted by Crippen LogP contribution is 2.37. The lowest BCUT2D eigenvalue weighted by atomic mass is 10.1. The number of H-pyrrole nitrogens is 1. The number of nitrogens with zero attached hydrogens (tertiary/aromatic N) is 1. The van der Waals surface area contributed by atoms with Crippen molar-refractivity contribution in [2.24, 2.45) is 0 Å². The fraction of sp³-hybridized carbons (Fsp3) is 0.231. The average molecular weight is 355 g/mol. The third-order valence-electron chi connectivity index (χ3n) is 2.89. The first-order valence-corrected chi connectivity index (χ1v) is 8.64. The van der Waals surface area contributed by atoms with Crippen LogP contribution in [0.5, 0.6) is 0 Å². The summed E-state index contributed by atoms with van der Waals surface area (Å²) in [5.74, 6) is 0.744. The molecule has 0 bridgehead atoms. The van der Waals surface area contributed by atoms with E-state index in [9.17, 15) is 4.79 Å². The van der Waals surface area contributed by atoms with E-state index in [4.69, 9.17) is 0 Å². The molecule has 0 spiro atoms. The second-order valence-electron chi connectivity index (χ2n) is 4.14. The number of nitrogens with one attached hydrogen (secondary N) is 1. The number of aryl methyl sites for hydroxylation is 2. The number of aromatic amines is 1. The summed E-state index contributed by atoms with van der Waals surface area (Å²) < 4.78 is 0. The van der Waals surface area contributed by atoms with E-state index in [0.717, 1.165) is 43.1 Å². The second-order valence-corrected chi connectivity index (χ2v) is 7.09. The molecule has 0 radical (unpaired) electrons. The summed E-state index contributed by atoms with van der Waals surface area (Å²) in [6, 6.07) is 4.05. The van der Waals surface area contributed by atoms with Gasteiger partial charge in [0.15, 0.2) is 0 Å². The molecule has 6 heteroatoms. The highest BCUT2D eigenvalue weighted by Gasteiger charge is 2.16. The van der Waals surface area contributed by atoms with Gasteiger partial charge in [0, 0.05) is 27.1 Å². The number of aromatic nitrogens is 2. The standard InChI is InChI=1S/C13H11BrN2OS2/c1-7-10(8-3-2-6-18-8)11-12(17)15-9(4-5-14)16-13(11)19-7/h2-3,6H,4-5H2,1H3,(H,15,16,17). The molecule has 98 valence electrons. The summed E-state index contributed by atoms with van der Waals surface area (Å²) in [5, 5.41) is 3.55. The van der Waals surface area contributed by atoms with Gasteiger partial charge in [-0.1, -0.05) is 22.0 Å². The monoisotopic (exact) mass is 354 g/mol. The van der Waals surface area contributed by atoms with Crippen LogP contribution >= 0.6 is 38.6 Å². The van der Waals surface area contributed by atoms with Gasteiger partial charge >= 0.3 is 0 Å². The van der Waals surface area contributed by atoms with Crippen molar-refractivity contribution in [3.05, 3.63) is 38.6 Å². The first kappa shape index (κ1) is 13.0. The molecule has 0 aromatic carbocycles. The van der Waals surface area contributed by atoms with Crippen molar-refractivity contribution in [1.82, 2.24) is 9.97 Å². The Balaban J connectivity index is 2.30. The first-order chi connectivity index (χ1) is 9.20. The SMILES string of the molecule is Cc1sc2nc(CCBr)[nH]c(=O)c2c1-c1cccs1. The molecule has 0 atom stereocenters. The maximum atomic E-state index is 12.3. The zero-order valence-corrected chi connectivity index (χ0v) is 13.4. The average Bonchev–Trinajstić information content (AvgIpc) is 2.95. The Kier molecular flexibility index (Phi) is 3.56. The normalized spacial score (nSPS) is 11.3. The van der Waals surface area contributed by atoms with E-state index in [-0.39, 0.29) is 5.56 Å². The molecule has 0 aliphatic rings. The number of hydrogen-bond donors (Lipinski definition) is 1. The van der Waals surface area contributed by atoms with Crippen molar-refractivity contribution in [2.75, 3.05) is 5.33 Å². The molecule has 3 aromatic rings. The number of halogens is 1. The van der Waals surface area contributed by atoms with Crippen LogP contribution in [-0.2, 0) is 6.42 Å². The fourth-order valence-electron chi connectivity index (χ4n) is 2.09. The van der Waals surface area contributed by atoms with Gasteiger partial charge in [-0.2, -0.15) is 0 Å². The van der Waals surface area contributed by atoms with Crippen LogP contribution in [0.1, 0.15) is 10.7 Å². The fourth-order valence-corrected chi connectivity index (χ4v) is 4.42. The highest BCUT2D eigenvalue weighted by molar-refractivity contribution is 9.09. The van der Waals surface area contributed by atoms with Gasteiger partial charge in [-0.05, 0) is 18.4 Å². The van der Waals surface area contributed by atoms with Crippen LogP contribution in [0.2, 0.25) is 0 Å². The van der Waals surface area contributed by atoms with E-state index in [1.165, 1.54) is 0 Å². The van der Waals surface area contributed by atoms with Crippen LogP contribution in [0.25, 0.3) is 20.7 Å². The van der Waals surface area contributed by atoms with Crippen molar-refractivity contribution in [3.8, 4) is 10.4 Å². The maximum absolute atomic E-state index is 12.3. The minimum absolute atomic E-state index is 0.0336. The van der Waals surface area contributed by atoms with Crippen molar-refractivity contribution in [2.45, 2.75) is 13.3 Å². The Morgan fingerprint density at radius 2 is 2.32 bits per heavy atom. The van der Waals surface area contributed by atoms with Gasteiger partial charge in [-0.3, -0.25) is 4.79 Å².